The van der Waals surface area contributed by atoms with Gasteiger partial charge in [-0.15, -0.1) is 0 Å². The first-order valence-corrected chi connectivity index (χ1v) is 13.4. The molecule has 36 heavy (non-hydrogen) atoms. The Morgan fingerprint density at radius 1 is 1.22 bits per heavy atom. The van der Waals surface area contributed by atoms with Crippen molar-refractivity contribution in [3.05, 3.63) is 64.8 Å². The minimum Gasteiger partial charge on any atom is -0.496 e. The number of ether oxygens (including phenoxy) is 1. The predicted molar refractivity (Wildman–Crippen MR) is 134 cm³/mol. The van der Waals surface area contributed by atoms with Crippen LogP contribution < -0.4 is 9.46 Å². The van der Waals surface area contributed by atoms with Crippen LogP contribution in [0.25, 0.3) is 10.9 Å². The fourth-order valence-corrected chi connectivity index (χ4v) is 5.27. The summed E-state index contributed by atoms with van der Waals surface area (Å²) in [6, 6.07) is 10.4. The van der Waals surface area contributed by atoms with Crippen molar-refractivity contribution in [2.24, 2.45) is 0 Å². The molecule has 1 atom stereocenters. The van der Waals surface area contributed by atoms with Gasteiger partial charge in [-0.05, 0) is 42.3 Å². The molecule has 1 amide bonds. The summed E-state index contributed by atoms with van der Waals surface area (Å²) in [6.07, 6.45) is 0.368. The van der Waals surface area contributed by atoms with Crippen LogP contribution in [-0.2, 0) is 16.6 Å². The molecule has 0 bridgehead atoms. The molecule has 194 valence electrons. The summed E-state index contributed by atoms with van der Waals surface area (Å²) >= 11 is 0. The number of aryl methyl sites for hydroxylation is 1. The van der Waals surface area contributed by atoms with E-state index in [1.165, 1.54) is 0 Å². The fraction of sp³-hybridized carbons (Fsp3) is 0.400. The number of piperazine rings is 1. The molecule has 2 aromatic carbocycles. The van der Waals surface area contributed by atoms with Crippen LogP contribution in [0.2, 0.25) is 0 Å². The topological polar surface area (TPSA) is 94.7 Å². The lowest BCUT2D eigenvalue weighted by atomic mass is 9.98. The molecule has 3 aromatic rings. The van der Waals surface area contributed by atoms with Gasteiger partial charge >= 0.3 is 0 Å². The van der Waals surface area contributed by atoms with Gasteiger partial charge in [0.2, 0.25) is 10.0 Å². The molecular weight excluding hydrogens is 490 g/mol. The average molecular weight is 521 g/mol. The van der Waals surface area contributed by atoms with Crippen molar-refractivity contribution in [3.8, 4) is 5.75 Å². The average Bonchev–Trinajstić information content (AvgIpc) is 3.31. The maximum Gasteiger partial charge on any atom is 0.264 e. The number of carbonyl (C=O) groups is 1. The minimum absolute atomic E-state index is 0.199. The standard InChI is InChI=1S/C25H30F2N4O4S/c1-16-12-22(35-2)20(19-8-9-28-24(16)19)13-31-11-10-30(15-23(26)27)14-21(31)17-4-6-18(7-5-17)25(32)29-36(3,33)34/h4-9,12,21,23,28H,10-11,13-15H2,1-3H3,(H,29,32). The highest BCUT2D eigenvalue weighted by molar-refractivity contribution is 7.89. The number of H-pyrrole nitrogens is 1. The van der Waals surface area contributed by atoms with E-state index in [1.54, 1.807) is 36.3 Å². The molecule has 1 saturated heterocycles. The molecule has 2 N–H and O–H groups in total. The van der Waals surface area contributed by atoms with Crippen molar-refractivity contribution in [2.75, 3.05) is 39.5 Å². The molecular formula is C25H30F2N4O4S. The number of hydrogen-bond acceptors (Lipinski definition) is 6. The van der Waals surface area contributed by atoms with Crippen LogP contribution in [0.15, 0.2) is 42.6 Å². The quantitative estimate of drug-likeness (QED) is 0.473. The predicted octanol–water partition coefficient (Wildman–Crippen LogP) is 3.30. The number of fused-ring (bicyclic) bond motifs is 1. The second-order valence-electron chi connectivity index (χ2n) is 9.10. The summed E-state index contributed by atoms with van der Waals surface area (Å²) in [4.78, 5) is 19.5. The van der Waals surface area contributed by atoms with E-state index in [1.807, 2.05) is 30.0 Å². The lowest BCUT2D eigenvalue weighted by Crippen LogP contribution is -2.49. The Kier molecular flexibility index (Phi) is 7.62. The van der Waals surface area contributed by atoms with Gasteiger partial charge in [0.25, 0.3) is 12.3 Å². The Bertz CT molecular complexity index is 1340. The molecule has 1 aromatic heterocycles. The van der Waals surface area contributed by atoms with Crippen LogP contribution >= 0.6 is 0 Å². The molecule has 4 rings (SSSR count). The van der Waals surface area contributed by atoms with E-state index in [-0.39, 0.29) is 18.2 Å². The van der Waals surface area contributed by atoms with E-state index in [0.717, 1.165) is 39.6 Å². The van der Waals surface area contributed by atoms with Gasteiger partial charge in [-0.25, -0.2) is 21.9 Å². The van der Waals surface area contributed by atoms with Crippen molar-refractivity contribution in [2.45, 2.75) is 25.9 Å². The number of nitrogens with one attached hydrogen (secondary N) is 2. The third-order valence-corrected chi connectivity index (χ3v) is 7.06. The molecule has 0 saturated carbocycles. The smallest absolute Gasteiger partial charge is 0.264 e. The zero-order chi connectivity index (χ0) is 26.0. The summed E-state index contributed by atoms with van der Waals surface area (Å²) in [7, 11) is -2.05. The molecule has 2 heterocycles. The SMILES string of the molecule is COc1cc(C)c2[nH]ccc2c1CN1CCN(CC(F)F)CC1c1ccc(C(=O)NS(C)(=O)=O)cc1. The van der Waals surface area contributed by atoms with Crippen molar-refractivity contribution >= 4 is 26.8 Å². The van der Waals surface area contributed by atoms with Gasteiger partial charge < -0.3 is 9.72 Å². The Morgan fingerprint density at radius 2 is 1.94 bits per heavy atom. The Balaban J connectivity index is 1.65. The number of sulfonamides is 1. The maximum atomic E-state index is 13.2. The Hall–Kier alpha value is -3.02. The first-order chi connectivity index (χ1) is 17.1. The lowest BCUT2D eigenvalue weighted by Gasteiger charge is -2.42. The van der Waals surface area contributed by atoms with Crippen molar-refractivity contribution < 1.29 is 26.7 Å². The van der Waals surface area contributed by atoms with Gasteiger partial charge in [0, 0.05) is 60.4 Å². The summed E-state index contributed by atoms with van der Waals surface area (Å²) in [5.74, 6) is 0.0456. The normalized spacial score (nSPS) is 17.6. The van der Waals surface area contributed by atoms with E-state index in [9.17, 15) is 22.0 Å². The van der Waals surface area contributed by atoms with Gasteiger partial charge in [0.1, 0.15) is 5.75 Å². The summed E-state index contributed by atoms with van der Waals surface area (Å²) in [5.41, 5.74) is 4.15. The summed E-state index contributed by atoms with van der Waals surface area (Å²) in [6.45, 7) is 3.70. The van der Waals surface area contributed by atoms with E-state index in [0.29, 0.717) is 26.2 Å². The number of halogens is 2. The largest absolute Gasteiger partial charge is 0.496 e. The second-order valence-corrected chi connectivity index (χ2v) is 10.9. The number of alkyl halides is 2. The number of hydrogen-bond donors (Lipinski definition) is 2. The molecule has 0 spiro atoms. The van der Waals surface area contributed by atoms with Crippen LogP contribution in [-0.4, -0.2) is 75.1 Å². The van der Waals surface area contributed by atoms with E-state index >= 15 is 0 Å². The monoisotopic (exact) mass is 520 g/mol. The number of benzene rings is 2. The van der Waals surface area contributed by atoms with Crippen molar-refractivity contribution in [3.63, 3.8) is 0 Å². The van der Waals surface area contributed by atoms with Crippen LogP contribution in [0.4, 0.5) is 8.78 Å². The number of rotatable bonds is 8. The third-order valence-electron chi connectivity index (χ3n) is 6.50. The Labute approximate surface area is 209 Å². The van der Waals surface area contributed by atoms with E-state index in [4.69, 9.17) is 4.74 Å². The van der Waals surface area contributed by atoms with Gasteiger partial charge in [0.15, 0.2) is 0 Å². The molecule has 1 fully saturated rings. The number of methoxy groups -OCH3 is 1. The van der Waals surface area contributed by atoms with Crippen LogP contribution in [0.1, 0.15) is 33.1 Å². The maximum absolute atomic E-state index is 13.2. The zero-order valence-corrected chi connectivity index (χ0v) is 21.2. The number of carbonyl (C=O) groups excluding carboxylic acids is 1. The minimum atomic E-state index is -3.69. The second kappa shape index (κ2) is 10.5. The highest BCUT2D eigenvalue weighted by Gasteiger charge is 2.31. The summed E-state index contributed by atoms with van der Waals surface area (Å²) in [5, 5.41) is 1.05. The molecule has 0 aliphatic carbocycles. The molecule has 1 aliphatic heterocycles. The molecule has 1 unspecified atom stereocenters. The number of aromatic nitrogens is 1. The van der Waals surface area contributed by atoms with E-state index in [2.05, 4.69) is 9.88 Å². The molecule has 11 heteroatoms. The first kappa shape index (κ1) is 26.1. The number of aromatic amines is 1. The van der Waals surface area contributed by atoms with Gasteiger partial charge in [0.05, 0.1) is 19.9 Å². The van der Waals surface area contributed by atoms with Gasteiger partial charge in [-0.3, -0.25) is 14.6 Å². The van der Waals surface area contributed by atoms with Gasteiger partial charge in [-0.1, -0.05) is 12.1 Å². The highest BCUT2D eigenvalue weighted by atomic mass is 32.2. The Morgan fingerprint density at radius 3 is 2.58 bits per heavy atom. The number of nitrogens with zero attached hydrogens (tertiary/aromatic N) is 2. The number of amides is 1. The lowest BCUT2D eigenvalue weighted by molar-refractivity contribution is 0.0246. The zero-order valence-electron chi connectivity index (χ0n) is 20.4. The van der Waals surface area contributed by atoms with Crippen LogP contribution in [0.3, 0.4) is 0 Å². The molecule has 8 nitrogen and oxygen atoms in total. The van der Waals surface area contributed by atoms with Crippen molar-refractivity contribution in [1.82, 2.24) is 19.5 Å². The van der Waals surface area contributed by atoms with E-state index < -0.39 is 22.4 Å². The third kappa shape index (κ3) is 5.85. The molecule has 0 radical (unpaired) electrons. The highest BCUT2D eigenvalue weighted by Crippen LogP contribution is 2.35. The van der Waals surface area contributed by atoms with Crippen LogP contribution in [0.5, 0.6) is 5.75 Å². The first-order valence-electron chi connectivity index (χ1n) is 11.6. The summed E-state index contributed by atoms with van der Waals surface area (Å²) < 4.78 is 56.8. The molecule has 1 aliphatic rings. The fourth-order valence-electron chi connectivity index (χ4n) is 4.81. The van der Waals surface area contributed by atoms with Gasteiger partial charge in [-0.2, -0.15) is 0 Å². The van der Waals surface area contributed by atoms with Crippen molar-refractivity contribution in [1.29, 1.82) is 0 Å². The van der Waals surface area contributed by atoms with Crippen LogP contribution in [0, 0.1) is 6.92 Å².